The summed E-state index contributed by atoms with van der Waals surface area (Å²) in [5.41, 5.74) is 1.19. The first-order chi connectivity index (χ1) is 9.75. The molecule has 0 bridgehead atoms. The molecule has 1 amide bonds. The number of aliphatic imine (C=N–C) groups is 1. The van der Waals surface area contributed by atoms with Crippen LogP contribution in [-0.2, 0) is 20.0 Å². The van der Waals surface area contributed by atoms with Crippen LogP contribution < -0.4 is 5.06 Å². The highest BCUT2D eigenvalue weighted by atomic mass is 16.7. The molecular weight excluding hydrogens is 256 g/mol. The molecule has 0 atom stereocenters. The van der Waals surface area contributed by atoms with E-state index in [1.54, 1.807) is 6.08 Å². The number of benzene rings is 1. The van der Waals surface area contributed by atoms with Crippen LogP contribution in [0.5, 0.6) is 0 Å². The molecule has 1 aromatic carbocycles. The van der Waals surface area contributed by atoms with Gasteiger partial charge in [0.15, 0.2) is 0 Å². The number of rotatable bonds is 3. The van der Waals surface area contributed by atoms with Gasteiger partial charge in [0, 0.05) is 0 Å². The Labute approximate surface area is 117 Å². The highest BCUT2D eigenvalue weighted by molar-refractivity contribution is 5.92. The quantitative estimate of drug-likeness (QED) is 0.627. The van der Waals surface area contributed by atoms with Gasteiger partial charge in [0.05, 0.1) is 24.3 Å². The lowest BCUT2D eigenvalue weighted by Crippen LogP contribution is -2.24. The second-order valence-corrected chi connectivity index (χ2v) is 5.26. The van der Waals surface area contributed by atoms with Crippen molar-refractivity contribution < 1.29 is 14.4 Å². The van der Waals surface area contributed by atoms with Gasteiger partial charge in [-0.3, -0.25) is 9.63 Å². The van der Waals surface area contributed by atoms with Crippen LogP contribution >= 0.6 is 0 Å². The van der Waals surface area contributed by atoms with Crippen LogP contribution in [0.15, 0.2) is 29.3 Å². The Kier molecular flexibility index (Phi) is 3.38. The number of hydroxylamine groups is 1. The molecule has 0 N–H and O–H groups in total. The number of amides is 1. The van der Waals surface area contributed by atoms with Gasteiger partial charge in [-0.05, 0) is 30.5 Å². The van der Waals surface area contributed by atoms with Crippen molar-refractivity contribution in [2.75, 3.05) is 11.7 Å². The highest BCUT2D eigenvalue weighted by Gasteiger charge is 2.36. The molecule has 1 heterocycles. The second-order valence-electron chi connectivity index (χ2n) is 5.26. The first kappa shape index (κ1) is 13.0. The van der Waals surface area contributed by atoms with Gasteiger partial charge < -0.3 is 0 Å². The number of carbonyl (C=O) groups excluding carboxylic acids is 2. The summed E-state index contributed by atoms with van der Waals surface area (Å²) < 4.78 is 0. The predicted molar refractivity (Wildman–Crippen MR) is 72.8 cm³/mol. The summed E-state index contributed by atoms with van der Waals surface area (Å²) >= 11 is 0. The molecule has 1 aliphatic heterocycles. The lowest BCUT2D eigenvalue weighted by Gasteiger charge is -2.24. The number of carbonyl (C=O) groups is 1. The maximum atomic E-state index is 11.7. The minimum atomic E-state index is -0.472. The van der Waals surface area contributed by atoms with Crippen molar-refractivity contribution in [3.8, 4) is 0 Å². The molecule has 1 saturated heterocycles. The van der Waals surface area contributed by atoms with E-state index in [9.17, 15) is 9.59 Å². The van der Waals surface area contributed by atoms with Crippen LogP contribution in [0.25, 0.3) is 0 Å². The highest BCUT2D eigenvalue weighted by Crippen LogP contribution is 2.43. The molecule has 0 unspecified atom stereocenters. The van der Waals surface area contributed by atoms with Crippen LogP contribution in [0.4, 0.5) is 5.69 Å². The Morgan fingerprint density at radius 1 is 1.30 bits per heavy atom. The Bertz CT molecular complexity index is 572. The molecule has 0 aromatic heterocycles. The van der Waals surface area contributed by atoms with Gasteiger partial charge >= 0.3 is 0 Å². The SMILES string of the molecule is O=C=NC1(c2cccc(N3OCCC3=O)c2)CCCC1. The van der Waals surface area contributed by atoms with Crippen molar-refractivity contribution in [1.82, 2.24) is 0 Å². The Hall–Kier alpha value is -1.97. The third-order valence-electron chi connectivity index (χ3n) is 4.07. The summed E-state index contributed by atoms with van der Waals surface area (Å²) in [6, 6.07) is 7.56. The summed E-state index contributed by atoms with van der Waals surface area (Å²) in [6.07, 6.45) is 5.91. The van der Waals surface area contributed by atoms with E-state index < -0.39 is 5.54 Å². The summed E-state index contributed by atoms with van der Waals surface area (Å²) in [5, 5.41) is 1.33. The average molecular weight is 272 g/mol. The first-order valence-electron chi connectivity index (χ1n) is 6.91. The van der Waals surface area contributed by atoms with Crippen LogP contribution in [0, 0.1) is 0 Å². The maximum Gasteiger partial charge on any atom is 0.253 e. The van der Waals surface area contributed by atoms with E-state index >= 15 is 0 Å². The first-order valence-corrected chi connectivity index (χ1v) is 6.91. The normalized spacial score (nSPS) is 21.0. The minimum absolute atomic E-state index is 0.0403. The third-order valence-corrected chi connectivity index (χ3v) is 4.07. The molecule has 1 aromatic rings. The smallest absolute Gasteiger partial charge is 0.253 e. The van der Waals surface area contributed by atoms with Gasteiger partial charge in [0.1, 0.15) is 0 Å². The fourth-order valence-electron chi connectivity index (χ4n) is 3.05. The number of hydrogen-bond donors (Lipinski definition) is 0. The topological polar surface area (TPSA) is 59.0 Å². The van der Waals surface area contributed by atoms with E-state index in [1.165, 1.54) is 5.06 Å². The molecule has 0 radical (unpaired) electrons. The van der Waals surface area contributed by atoms with Gasteiger partial charge in [-0.25, -0.2) is 4.79 Å². The van der Waals surface area contributed by atoms with Crippen LogP contribution in [-0.4, -0.2) is 18.6 Å². The predicted octanol–water partition coefficient (Wildman–Crippen LogP) is 2.46. The van der Waals surface area contributed by atoms with Gasteiger partial charge in [-0.15, -0.1) is 0 Å². The lowest BCUT2D eigenvalue weighted by molar-refractivity contribution is -0.119. The van der Waals surface area contributed by atoms with Crippen molar-refractivity contribution >= 4 is 17.7 Å². The van der Waals surface area contributed by atoms with E-state index in [0.29, 0.717) is 18.7 Å². The molecule has 20 heavy (non-hydrogen) atoms. The van der Waals surface area contributed by atoms with E-state index in [4.69, 9.17) is 4.84 Å². The molecule has 1 aliphatic carbocycles. The summed E-state index contributed by atoms with van der Waals surface area (Å²) in [4.78, 5) is 31.9. The molecule has 5 heteroatoms. The number of nitrogens with zero attached hydrogens (tertiary/aromatic N) is 2. The largest absolute Gasteiger partial charge is 0.272 e. The van der Waals surface area contributed by atoms with E-state index in [0.717, 1.165) is 31.2 Å². The lowest BCUT2D eigenvalue weighted by atomic mass is 9.88. The van der Waals surface area contributed by atoms with E-state index in [1.807, 2.05) is 24.3 Å². The second kappa shape index (κ2) is 5.19. The monoisotopic (exact) mass is 272 g/mol. The third kappa shape index (κ3) is 2.15. The van der Waals surface area contributed by atoms with Crippen molar-refractivity contribution in [3.63, 3.8) is 0 Å². The Morgan fingerprint density at radius 2 is 2.10 bits per heavy atom. The number of isocyanates is 1. The fraction of sp³-hybridized carbons (Fsp3) is 0.467. The Balaban J connectivity index is 1.98. The standard InChI is InChI=1S/C15H16N2O3/c18-11-16-15(7-1-2-8-15)12-4-3-5-13(10-12)17-14(19)6-9-20-17/h3-5,10H,1-2,6-9H2. The minimum Gasteiger partial charge on any atom is -0.272 e. The van der Waals surface area contributed by atoms with Crippen molar-refractivity contribution in [3.05, 3.63) is 29.8 Å². The summed E-state index contributed by atoms with van der Waals surface area (Å²) in [5.74, 6) is -0.0403. The zero-order chi connectivity index (χ0) is 14.0. The molecule has 5 nitrogen and oxygen atoms in total. The van der Waals surface area contributed by atoms with Gasteiger partial charge in [0.2, 0.25) is 6.08 Å². The maximum absolute atomic E-state index is 11.7. The van der Waals surface area contributed by atoms with Crippen molar-refractivity contribution in [1.29, 1.82) is 0 Å². The molecule has 0 spiro atoms. The fourth-order valence-corrected chi connectivity index (χ4v) is 3.05. The molecular formula is C15H16N2O3. The summed E-state index contributed by atoms with van der Waals surface area (Å²) in [7, 11) is 0. The number of anilines is 1. The molecule has 104 valence electrons. The van der Waals surface area contributed by atoms with Crippen LogP contribution in [0.3, 0.4) is 0 Å². The van der Waals surface area contributed by atoms with Crippen molar-refractivity contribution in [2.45, 2.75) is 37.6 Å². The van der Waals surface area contributed by atoms with Crippen LogP contribution in [0.1, 0.15) is 37.7 Å². The van der Waals surface area contributed by atoms with E-state index in [-0.39, 0.29) is 5.91 Å². The number of hydrogen-bond acceptors (Lipinski definition) is 4. The average Bonchev–Trinajstić information content (AvgIpc) is 3.09. The Morgan fingerprint density at radius 3 is 2.75 bits per heavy atom. The van der Waals surface area contributed by atoms with Gasteiger partial charge in [-0.1, -0.05) is 25.0 Å². The van der Waals surface area contributed by atoms with Gasteiger partial charge in [-0.2, -0.15) is 10.1 Å². The molecule has 3 rings (SSSR count). The van der Waals surface area contributed by atoms with E-state index in [2.05, 4.69) is 4.99 Å². The zero-order valence-corrected chi connectivity index (χ0v) is 11.2. The molecule has 2 aliphatic rings. The zero-order valence-electron chi connectivity index (χ0n) is 11.2. The summed E-state index contributed by atoms with van der Waals surface area (Å²) in [6.45, 7) is 0.417. The van der Waals surface area contributed by atoms with Crippen molar-refractivity contribution in [2.24, 2.45) is 4.99 Å². The van der Waals surface area contributed by atoms with Gasteiger partial charge in [0.25, 0.3) is 5.91 Å². The van der Waals surface area contributed by atoms with Crippen LogP contribution in [0.2, 0.25) is 0 Å². The molecule has 2 fully saturated rings. The molecule has 1 saturated carbocycles.